The molecule has 28 heavy (non-hydrogen) atoms. The summed E-state index contributed by atoms with van der Waals surface area (Å²) in [4.78, 5) is 31.6. The van der Waals surface area contributed by atoms with Gasteiger partial charge in [-0.25, -0.2) is 22.8 Å². The second-order valence-electron chi connectivity index (χ2n) is 5.71. The van der Waals surface area contributed by atoms with Crippen LogP contribution < -0.4 is 5.32 Å². The molecule has 0 saturated heterocycles. The van der Waals surface area contributed by atoms with Crippen molar-refractivity contribution in [1.29, 1.82) is 0 Å². The topological polar surface area (TPSA) is 106 Å². The van der Waals surface area contributed by atoms with Crippen LogP contribution in [-0.2, 0) is 16.0 Å². The molecule has 12 heteroatoms. The van der Waals surface area contributed by atoms with Gasteiger partial charge in [0.25, 0.3) is 0 Å². The first-order valence-corrected chi connectivity index (χ1v) is 9.29. The van der Waals surface area contributed by atoms with E-state index in [0.29, 0.717) is 18.4 Å². The van der Waals surface area contributed by atoms with E-state index in [1.54, 1.807) is 0 Å². The number of ketones is 2. The Morgan fingerprint density at radius 1 is 1.00 bits per heavy atom. The highest BCUT2D eigenvalue weighted by atomic mass is 32.2. The van der Waals surface area contributed by atoms with Crippen LogP contribution in [0.4, 0.5) is 23.2 Å². The fourth-order valence-corrected chi connectivity index (χ4v) is 3.50. The Morgan fingerprint density at radius 3 is 2.07 bits per heavy atom. The van der Waals surface area contributed by atoms with E-state index in [0.717, 1.165) is 18.5 Å². The monoisotopic (exact) mass is 415 g/mol. The van der Waals surface area contributed by atoms with Crippen molar-refractivity contribution < 1.29 is 35.6 Å². The largest absolute Gasteiger partial charge is 0.419 e. The molecule has 1 heterocycles. The summed E-state index contributed by atoms with van der Waals surface area (Å²) in [6.07, 6.45) is -2.08. The van der Waals surface area contributed by atoms with Gasteiger partial charge in [-0.1, -0.05) is 0 Å². The minimum absolute atomic E-state index is 0.366. The lowest BCUT2D eigenvalue weighted by Crippen LogP contribution is -2.31. The maximum atomic E-state index is 13.8. The van der Waals surface area contributed by atoms with Crippen molar-refractivity contribution in [3.63, 3.8) is 0 Å². The Bertz CT molecular complexity index is 1160. The van der Waals surface area contributed by atoms with Crippen molar-refractivity contribution in [1.82, 2.24) is 9.97 Å². The molecule has 7 nitrogen and oxygen atoms in total. The second-order valence-corrected chi connectivity index (χ2v) is 7.66. The number of Topliss-reactive ketones (excluding diaryl/α,β-unsaturated/α-hetero) is 2. The number of carbonyl (C=O) groups is 2. The minimum atomic E-state index is -4.94. The summed E-state index contributed by atoms with van der Waals surface area (Å²) in [5.74, 6) is -3.78. The molecule has 0 unspecified atom stereocenters. The molecule has 1 aliphatic carbocycles. The van der Waals surface area contributed by atoms with Gasteiger partial charge in [0, 0.05) is 24.3 Å². The number of hydrogen-bond acceptors (Lipinski definition) is 7. The van der Waals surface area contributed by atoms with Crippen molar-refractivity contribution in [3.8, 4) is 0 Å². The molecular formula is C16H9F4N3O4S. The van der Waals surface area contributed by atoms with Crippen LogP contribution in [0.1, 0.15) is 26.5 Å². The number of hydrogen-bond donors (Lipinski definition) is 1. The summed E-state index contributed by atoms with van der Waals surface area (Å²) >= 11 is 0. The first kappa shape index (κ1) is 19.6. The molecule has 0 fully saturated rings. The normalized spacial score (nSPS) is 14.9. The van der Waals surface area contributed by atoms with Gasteiger partial charge in [-0.3, -0.25) is 9.59 Å². The zero-order chi connectivity index (χ0) is 20.9. The molecule has 0 bridgehead atoms. The Hall–Kier alpha value is -3.15. The molecular weight excluding hydrogens is 406 g/mol. The van der Waals surface area contributed by atoms with Crippen molar-refractivity contribution in [3.05, 3.63) is 64.0 Å². The summed E-state index contributed by atoms with van der Waals surface area (Å²) in [6.45, 7) is 0. The van der Waals surface area contributed by atoms with Crippen molar-refractivity contribution in [2.24, 2.45) is 0 Å². The molecule has 0 spiro atoms. The molecule has 0 aliphatic heterocycles. The van der Waals surface area contributed by atoms with Crippen LogP contribution in [0.2, 0.25) is 0 Å². The van der Waals surface area contributed by atoms with Crippen LogP contribution >= 0.6 is 0 Å². The fraction of sp³-hybridized carbons (Fsp3) is 0.125. The number of rotatable bonds is 3. The molecule has 146 valence electrons. The highest BCUT2D eigenvalue weighted by Gasteiger charge is 2.40. The van der Waals surface area contributed by atoms with E-state index in [9.17, 15) is 35.6 Å². The van der Waals surface area contributed by atoms with Gasteiger partial charge in [0.15, 0.2) is 9.84 Å². The molecule has 1 N–H and O–H groups in total. The predicted octanol–water partition coefficient (Wildman–Crippen LogP) is 2.38. The molecule has 1 aromatic carbocycles. The molecule has 0 atom stereocenters. The Labute approximate surface area is 155 Å². The molecule has 3 rings (SSSR count). The van der Waals surface area contributed by atoms with E-state index in [2.05, 4.69) is 15.3 Å². The number of anilines is 1. The van der Waals surface area contributed by atoms with Gasteiger partial charge in [0.2, 0.25) is 11.6 Å². The third-order valence-electron chi connectivity index (χ3n) is 3.70. The number of nitrogens with zero attached hydrogens (tertiary/aromatic N) is 2. The van der Waals surface area contributed by atoms with Crippen molar-refractivity contribution >= 4 is 27.1 Å². The van der Waals surface area contributed by atoms with Crippen LogP contribution in [0.5, 0.6) is 0 Å². The standard InChI is InChI=1S/C16H9F4N3O4S/c1-28(26,27)15-12(13(24)10-11(14(15)25)22-5-4-21-10)23-7-2-3-8(9(17)6-7)16(18,19)20/h2-6,23H,1H3. The lowest BCUT2D eigenvalue weighted by molar-refractivity contribution is -0.139. The van der Waals surface area contributed by atoms with Gasteiger partial charge in [0.1, 0.15) is 27.8 Å². The van der Waals surface area contributed by atoms with Gasteiger partial charge in [0.05, 0.1) is 5.56 Å². The number of carbonyl (C=O) groups excluding carboxylic acids is 2. The summed E-state index contributed by atoms with van der Waals surface area (Å²) in [5, 5.41) is 2.23. The highest BCUT2D eigenvalue weighted by Crippen LogP contribution is 2.33. The Morgan fingerprint density at radius 2 is 1.57 bits per heavy atom. The second kappa shape index (κ2) is 6.48. The zero-order valence-electron chi connectivity index (χ0n) is 13.8. The van der Waals surface area contributed by atoms with E-state index in [4.69, 9.17) is 0 Å². The van der Waals surface area contributed by atoms with E-state index >= 15 is 0 Å². The van der Waals surface area contributed by atoms with E-state index < -0.39 is 61.0 Å². The molecule has 2 aromatic rings. The number of fused-ring (bicyclic) bond motifs is 1. The minimum Gasteiger partial charge on any atom is -0.351 e. The fourth-order valence-electron chi connectivity index (χ4n) is 2.55. The number of benzene rings is 1. The van der Waals surface area contributed by atoms with E-state index in [1.165, 1.54) is 0 Å². The molecule has 0 amide bonds. The van der Waals surface area contributed by atoms with Crippen LogP contribution in [0.15, 0.2) is 41.2 Å². The Balaban J connectivity index is 2.14. The lowest BCUT2D eigenvalue weighted by atomic mass is 10.0. The van der Waals surface area contributed by atoms with E-state index in [1.807, 2.05) is 0 Å². The zero-order valence-corrected chi connectivity index (χ0v) is 14.7. The summed E-state index contributed by atoms with van der Waals surface area (Å²) in [6, 6.07) is 1.64. The third kappa shape index (κ3) is 3.38. The average molecular weight is 415 g/mol. The average Bonchev–Trinajstić information content (AvgIpc) is 2.57. The van der Waals surface area contributed by atoms with Gasteiger partial charge >= 0.3 is 6.18 Å². The number of halogens is 4. The first-order chi connectivity index (χ1) is 12.9. The van der Waals surface area contributed by atoms with Crippen molar-refractivity contribution in [2.75, 3.05) is 11.6 Å². The van der Waals surface area contributed by atoms with Crippen LogP contribution in [-0.4, -0.2) is 36.2 Å². The number of nitrogens with one attached hydrogen (secondary N) is 1. The number of alkyl halides is 3. The van der Waals surface area contributed by atoms with Crippen LogP contribution in [0.25, 0.3) is 0 Å². The van der Waals surface area contributed by atoms with Gasteiger partial charge < -0.3 is 5.32 Å². The summed E-state index contributed by atoms with van der Waals surface area (Å²) in [5.41, 5.74) is -3.57. The molecule has 0 saturated carbocycles. The molecule has 0 radical (unpaired) electrons. The van der Waals surface area contributed by atoms with Gasteiger partial charge in [-0.15, -0.1) is 0 Å². The van der Waals surface area contributed by atoms with Crippen LogP contribution in [0.3, 0.4) is 0 Å². The highest BCUT2D eigenvalue weighted by molar-refractivity contribution is 7.95. The summed E-state index contributed by atoms with van der Waals surface area (Å²) in [7, 11) is -4.26. The maximum absolute atomic E-state index is 13.8. The van der Waals surface area contributed by atoms with E-state index in [-0.39, 0.29) is 5.69 Å². The first-order valence-electron chi connectivity index (χ1n) is 7.39. The predicted molar refractivity (Wildman–Crippen MR) is 87.6 cm³/mol. The van der Waals surface area contributed by atoms with Crippen LogP contribution in [0, 0.1) is 5.82 Å². The van der Waals surface area contributed by atoms with Gasteiger partial charge in [-0.2, -0.15) is 13.2 Å². The number of aromatic nitrogens is 2. The lowest BCUT2D eigenvalue weighted by Gasteiger charge is -2.20. The summed E-state index contributed by atoms with van der Waals surface area (Å²) < 4.78 is 75.9. The van der Waals surface area contributed by atoms with Crippen molar-refractivity contribution in [2.45, 2.75) is 6.18 Å². The molecule has 1 aliphatic rings. The maximum Gasteiger partial charge on any atom is 0.419 e. The number of sulfone groups is 1. The quantitative estimate of drug-likeness (QED) is 0.768. The molecule has 1 aromatic heterocycles. The van der Waals surface area contributed by atoms with Gasteiger partial charge in [-0.05, 0) is 18.2 Å². The SMILES string of the molecule is CS(=O)(=O)C1=C(Nc2ccc(C(F)(F)F)c(F)c2)C(=O)c2nccnc2C1=O. The smallest absolute Gasteiger partial charge is 0.351 e. The third-order valence-corrected chi connectivity index (χ3v) is 4.83. The number of allylic oxidation sites excluding steroid dienone is 2. The Kier molecular flexibility index (Phi) is 4.54.